The maximum atomic E-state index is 14.1. The van der Waals surface area contributed by atoms with Crippen LogP contribution in [0.15, 0.2) is 71.6 Å². The van der Waals surface area contributed by atoms with Gasteiger partial charge < -0.3 is 19.7 Å². The lowest BCUT2D eigenvalue weighted by molar-refractivity contribution is -0.139. The highest BCUT2D eigenvalue weighted by molar-refractivity contribution is 7.92. The van der Waals surface area contributed by atoms with Crippen LogP contribution in [0.5, 0.6) is 11.5 Å². The van der Waals surface area contributed by atoms with E-state index in [1.807, 2.05) is 52.0 Å². The molecule has 9 nitrogen and oxygen atoms in total. The Kier molecular flexibility index (Phi) is 11.0. The van der Waals surface area contributed by atoms with Gasteiger partial charge >= 0.3 is 0 Å². The van der Waals surface area contributed by atoms with Gasteiger partial charge in [-0.25, -0.2) is 8.42 Å². The van der Waals surface area contributed by atoms with E-state index in [2.05, 4.69) is 5.32 Å². The van der Waals surface area contributed by atoms with Crippen LogP contribution in [0.25, 0.3) is 0 Å². The smallest absolute Gasteiger partial charge is 0.264 e. The van der Waals surface area contributed by atoms with Gasteiger partial charge in [-0.3, -0.25) is 13.9 Å². The molecule has 1 N–H and O–H groups in total. The summed E-state index contributed by atoms with van der Waals surface area (Å²) in [6.07, 6.45) is 0. The van der Waals surface area contributed by atoms with Gasteiger partial charge in [0.2, 0.25) is 11.8 Å². The number of ether oxygens (including phenoxy) is 2. The number of carbonyl (C=O) groups is 2. The first-order valence-corrected chi connectivity index (χ1v) is 15.3. The number of sulfonamides is 1. The third kappa shape index (κ3) is 8.03. The van der Waals surface area contributed by atoms with Crippen molar-refractivity contribution in [1.82, 2.24) is 10.2 Å². The molecule has 3 rings (SSSR count). The molecule has 10 heteroatoms. The van der Waals surface area contributed by atoms with Crippen molar-refractivity contribution in [2.75, 3.05) is 31.6 Å². The predicted molar refractivity (Wildman–Crippen MR) is 164 cm³/mol. The average Bonchev–Trinajstić information content (AvgIpc) is 2.96. The number of nitrogens with zero attached hydrogens (tertiary/aromatic N) is 2. The number of hydrogen-bond acceptors (Lipinski definition) is 6. The average molecular weight is 596 g/mol. The Bertz CT molecular complexity index is 1490. The Morgan fingerprint density at radius 1 is 0.857 bits per heavy atom. The van der Waals surface area contributed by atoms with Crippen LogP contribution in [0.1, 0.15) is 37.5 Å². The molecule has 0 aromatic heterocycles. The Morgan fingerprint density at radius 2 is 1.52 bits per heavy atom. The maximum Gasteiger partial charge on any atom is 0.264 e. The van der Waals surface area contributed by atoms with Crippen molar-refractivity contribution in [2.45, 2.75) is 52.1 Å². The first-order valence-electron chi connectivity index (χ1n) is 13.8. The van der Waals surface area contributed by atoms with Gasteiger partial charge in [-0.05, 0) is 56.5 Å². The van der Waals surface area contributed by atoms with E-state index in [0.29, 0.717) is 18.0 Å². The monoisotopic (exact) mass is 595 g/mol. The second-order valence-electron chi connectivity index (χ2n) is 10.7. The summed E-state index contributed by atoms with van der Waals surface area (Å²) in [4.78, 5) is 28.7. The summed E-state index contributed by atoms with van der Waals surface area (Å²) in [7, 11) is -1.27. The summed E-state index contributed by atoms with van der Waals surface area (Å²) in [6.45, 7) is 9.46. The largest absolute Gasteiger partial charge is 0.493 e. The molecule has 0 saturated carbocycles. The Hall–Kier alpha value is -4.05. The second-order valence-corrected chi connectivity index (χ2v) is 12.6. The lowest BCUT2D eigenvalue weighted by atomic mass is 10.1. The molecule has 226 valence electrons. The quantitative estimate of drug-likeness (QED) is 0.307. The van der Waals surface area contributed by atoms with Gasteiger partial charge in [-0.15, -0.1) is 0 Å². The van der Waals surface area contributed by atoms with Crippen LogP contribution >= 0.6 is 0 Å². The van der Waals surface area contributed by atoms with Gasteiger partial charge in [0.25, 0.3) is 10.0 Å². The summed E-state index contributed by atoms with van der Waals surface area (Å²) in [5.74, 6) is 0.0987. The first kappa shape index (κ1) is 32.5. The zero-order chi connectivity index (χ0) is 31.0. The maximum absolute atomic E-state index is 14.1. The molecule has 2 amide bonds. The number of aryl methyl sites for hydroxylation is 2. The molecule has 0 heterocycles. The Balaban J connectivity index is 2.07. The Morgan fingerprint density at radius 3 is 2.12 bits per heavy atom. The van der Waals surface area contributed by atoms with Crippen molar-refractivity contribution in [3.05, 3.63) is 83.4 Å². The molecule has 3 aromatic carbocycles. The van der Waals surface area contributed by atoms with Crippen molar-refractivity contribution >= 4 is 27.5 Å². The van der Waals surface area contributed by atoms with Crippen molar-refractivity contribution < 1.29 is 27.5 Å². The number of nitrogens with one attached hydrogen (secondary N) is 1. The second kappa shape index (κ2) is 14.2. The van der Waals surface area contributed by atoms with Gasteiger partial charge in [0.05, 0.1) is 24.8 Å². The standard InChI is InChI=1S/C32H41N3O6S/c1-22(2)19-33-32(37)25(5)34(20-26-10-8-9-24(4)17-26)31(36)21-35(27-13-16-29(40-6)30(18-27)41-7)42(38,39)28-14-11-23(3)12-15-28/h8-18,22,25H,19-21H2,1-7H3,(H,33,37)/t25-/m1/s1. The molecule has 42 heavy (non-hydrogen) atoms. The number of amides is 2. The minimum absolute atomic E-state index is 0.0312. The summed E-state index contributed by atoms with van der Waals surface area (Å²) in [5.41, 5.74) is 2.94. The molecule has 0 aliphatic rings. The van der Waals surface area contributed by atoms with E-state index < -0.39 is 28.5 Å². The minimum Gasteiger partial charge on any atom is -0.493 e. The summed E-state index contributed by atoms with van der Waals surface area (Å²) in [6, 6.07) is 17.9. The van der Waals surface area contributed by atoms with Crippen LogP contribution in [-0.4, -0.2) is 58.5 Å². The zero-order valence-electron chi connectivity index (χ0n) is 25.4. The van der Waals surface area contributed by atoms with Gasteiger partial charge in [-0.2, -0.15) is 0 Å². The van der Waals surface area contributed by atoms with Gasteiger partial charge in [0, 0.05) is 19.2 Å². The molecule has 0 spiro atoms. The highest BCUT2D eigenvalue weighted by Crippen LogP contribution is 2.34. The van der Waals surface area contributed by atoms with Crippen molar-refractivity contribution in [3.63, 3.8) is 0 Å². The Labute approximate surface area is 249 Å². The van der Waals surface area contributed by atoms with E-state index in [0.717, 1.165) is 21.0 Å². The molecule has 3 aromatic rings. The molecule has 0 unspecified atom stereocenters. The zero-order valence-corrected chi connectivity index (χ0v) is 26.2. The fourth-order valence-electron chi connectivity index (χ4n) is 4.39. The van der Waals surface area contributed by atoms with E-state index in [-0.39, 0.29) is 29.0 Å². The van der Waals surface area contributed by atoms with Crippen molar-refractivity contribution in [3.8, 4) is 11.5 Å². The summed E-state index contributed by atoms with van der Waals surface area (Å²) < 4.78 is 39.9. The number of rotatable bonds is 13. The molecule has 0 aliphatic carbocycles. The van der Waals surface area contributed by atoms with E-state index in [9.17, 15) is 18.0 Å². The SMILES string of the molecule is COc1ccc(N(CC(=O)N(Cc2cccc(C)c2)[C@H](C)C(=O)NCC(C)C)S(=O)(=O)c2ccc(C)cc2)cc1OC. The number of hydrogen-bond donors (Lipinski definition) is 1. The molecule has 0 bridgehead atoms. The molecular formula is C32H41N3O6S. The van der Waals surface area contributed by atoms with Crippen molar-refractivity contribution in [2.24, 2.45) is 5.92 Å². The number of benzene rings is 3. The molecule has 1 atom stereocenters. The molecular weight excluding hydrogens is 554 g/mol. The van der Waals surface area contributed by atoms with Crippen LogP contribution in [0.3, 0.4) is 0 Å². The van der Waals surface area contributed by atoms with E-state index in [1.165, 1.54) is 37.3 Å². The normalized spacial score (nSPS) is 12.0. The van der Waals surface area contributed by atoms with Gasteiger partial charge in [-0.1, -0.05) is 61.4 Å². The third-order valence-corrected chi connectivity index (χ3v) is 8.62. The summed E-state index contributed by atoms with van der Waals surface area (Å²) >= 11 is 0. The van der Waals surface area contributed by atoms with E-state index in [4.69, 9.17) is 9.47 Å². The highest BCUT2D eigenvalue weighted by atomic mass is 32.2. The van der Waals surface area contributed by atoms with E-state index in [1.54, 1.807) is 31.2 Å². The van der Waals surface area contributed by atoms with Crippen LogP contribution in [-0.2, 0) is 26.2 Å². The molecule has 0 radical (unpaired) electrons. The molecule has 0 aliphatic heterocycles. The fourth-order valence-corrected chi connectivity index (χ4v) is 5.79. The lowest BCUT2D eigenvalue weighted by Gasteiger charge is -2.32. The summed E-state index contributed by atoms with van der Waals surface area (Å²) in [5, 5.41) is 2.89. The topological polar surface area (TPSA) is 105 Å². The first-order chi connectivity index (χ1) is 19.9. The number of anilines is 1. The van der Waals surface area contributed by atoms with Crippen LogP contribution in [0, 0.1) is 19.8 Å². The predicted octanol–water partition coefficient (Wildman–Crippen LogP) is 4.71. The highest BCUT2D eigenvalue weighted by Gasteiger charge is 2.33. The fraction of sp³-hybridized carbons (Fsp3) is 0.375. The minimum atomic E-state index is -4.20. The third-order valence-electron chi connectivity index (χ3n) is 6.83. The van der Waals surface area contributed by atoms with E-state index >= 15 is 0 Å². The van der Waals surface area contributed by atoms with Crippen LogP contribution in [0.4, 0.5) is 5.69 Å². The molecule has 0 fully saturated rings. The van der Waals surface area contributed by atoms with Gasteiger partial charge in [0.15, 0.2) is 11.5 Å². The number of carbonyl (C=O) groups excluding carboxylic acids is 2. The molecule has 0 saturated heterocycles. The van der Waals surface area contributed by atoms with Crippen LogP contribution in [0.2, 0.25) is 0 Å². The van der Waals surface area contributed by atoms with Gasteiger partial charge in [0.1, 0.15) is 12.6 Å². The number of methoxy groups -OCH3 is 2. The lowest BCUT2D eigenvalue weighted by Crippen LogP contribution is -2.51. The van der Waals surface area contributed by atoms with Crippen molar-refractivity contribution in [1.29, 1.82) is 0 Å². The van der Waals surface area contributed by atoms with Crippen LogP contribution < -0.4 is 19.1 Å².